The molecule has 4 amide bonds. The standard InChI is InChI=1S/C19H25N5O4/c25-14-23-10-8-22(9-11-23)13-18(27)24-7-6-20-19(28)16(24)12-17(26)21-15-4-2-1-3-5-15/h1-5,14,16H,6-13H2,(H,20,28)(H,21,26). The Labute approximate surface area is 163 Å². The number of nitrogens with zero attached hydrogens (tertiary/aromatic N) is 3. The van der Waals surface area contributed by atoms with Crippen LogP contribution < -0.4 is 10.6 Å². The first kappa shape index (κ1) is 19.8. The summed E-state index contributed by atoms with van der Waals surface area (Å²) in [6.07, 6.45) is 0.723. The zero-order chi connectivity index (χ0) is 19.9. The fraction of sp³-hybridized carbons (Fsp3) is 0.474. The maximum absolute atomic E-state index is 12.8. The SMILES string of the molecule is O=CN1CCN(CC(=O)N2CCNC(=O)C2CC(=O)Nc2ccccc2)CC1. The highest BCUT2D eigenvalue weighted by atomic mass is 16.2. The molecule has 2 fully saturated rings. The Balaban J connectivity index is 1.58. The molecule has 2 saturated heterocycles. The molecule has 1 aromatic rings. The van der Waals surface area contributed by atoms with Gasteiger partial charge in [-0.1, -0.05) is 18.2 Å². The van der Waals surface area contributed by atoms with E-state index in [1.165, 1.54) is 4.90 Å². The maximum Gasteiger partial charge on any atom is 0.243 e. The van der Waals surface area contributed by atoms with Crippen LogP contribution in [0.4, 0.5) is 5.69 Å². The van der Waals surface area contributed by atoms with E-state index in [4.69, 9.17) is 0 Å². The van der Waals surface area contributed by atoms with Gasteiger partial charge in [0.15, 0.2) is 0 Å². The monoisotopic (exact) mass is 387 g/mol. The predicted molar refractivity (Wildman–Crippen MR) is 102 cm³/mol. The van der Waals surface area contributed by atoms with Crippen molar-refractivity contribution >= 4 is 29.8 Å². The minimum Gasteiger partial charge on any atom is -0.353 e. The lowest BCUT2D eigenvalue weighted by Crippen LogP contribution is -2.60. The largest absolute Gasteiger partial charge is 0.353 e. The molecule has 2 N–H and O–H groups in total. The summed E-state index contributed by atoms with van der Waals surface area (Å²) in [6, 6.07) is 8.18. The van der Waals surface area contributed by atoms with Crippen molar-refractivity contribution in [3.05, 3.63) is 30.3 Å². The smallest absolute Gasteiger partial charge is 0.243 e. The molecule has 0 aliphatic carbocycles. The molecule has 9 nitrogen and oxygen atoms in total. The van der Waals surface area contributed by atoms with Gasteiger partial charge in [-0.05, 0) is 12.1 Å². The highest BCUT2D eigenvalue weighted by Gasteiger charge is 2.35. The molecule has 0 saturated carbocycles. The second-order valence-corrected chi connectivity index (χ2v) is 6.93. The van der Waals surface area contributed by atoms with Crippen molar-refractivity contribution in [1.29, 1.82) is 0 Å². The van der Waals surface area contributed by atoms with E-state index < -0.39 is 6.04 Å². The second-order valence-electron chi connectivity index (χ2n) is 6.93. The molecule has 9 heteroatoms. The summed E-state index contributed by atoms with van der Waals surface area (Å²) in [7, 11) is 0. The third kappa shape index (κ3) is 5.07. The summed E-state index contributed by atoms with van der Waals surface area (Å²) in [5.41, 5.74) is 0.648. The Morgan fingerprint density at radius 3 is 2.50 bits per heavy atom. The van der Waals surface area contributed by atoms with E-state index in [1.54, 1.807) is 17.0 Å². The normalized spacial score (nSPS) is 20.4. The first-order valence-corrected chi connectivity index (χ1v) is 9.40. The summed E-state index contributed by atoms with van der Waals surface area (Å²) < 4.78 is 0. The van der Waals surface area contributed by atoms with E-state index in [0.29, 0.717) is 45.0 Å². The number of rotatable bonds is 6. The van der Waals surface area contributed by atoms with Crippen LogP contribution in [0.2, 0.25) is 0 Å². The van der Waals surface area contributed by atoms with Crippen molar-refractivity contribution < 1.29 is 19.2 Å². The van der Waals surface area contributed by atoms with E-state index in [-0.39, 0.29) is 30.7 Å². The van der Waals surface area contributed by atoms with E-state index in [9.17, 15) is 19.2 Å². The Morgan fingerprint density at radius 2 is 1.82 bits per heavy atom. The fourth-order valence-electron chi connectivity index (χ4n) is 3.43. The zero-order valence-corrected chi connectivity index (χ0v) is 15.7. The van der Waals surface area contributed by atoms with Gasteiger partial charge in [0.25, 0.3) is 0 Å². The van der Waals surface area contributed by atoms with E-state index in [2.05, 4.69) is 10.6 Å². The van der Waals surface area contributed by atoms with Gasteiger partial charge < -0.3 is 20.4 Å². The van der Waals surface area contributed by atoms with E-state index in [0.717, 1.165) is 6.41 Å². The summed E-state index contributed by atoms with van der Waals surface area (Å²) in [6.45, 7) is 3.33. The summed E-state index contributed by atoms with van der Waals surface area (Å²) in [4.78, 5) is 53.4. The molecule has 2 aliphatic heterocycles. The maximum atomic E-state index is 12.8. The number of benzene rings is 1. The fourth-order valence-corrected chi connectivity index (χ4v) is 3.43. The van der Waals surface area contributed by atoms with Crippen LogP contribution in [0.3, 0.4) is 0 Å². The molecule has 1 unspecified atom stereocenters. The van der Waals surface area contributed by atoms with Crippen LogP contribution >= 0.6 is 0 Å². The Hall–Kier alpha value is -2.94. The molecular formula is C19H25N5O4. The Kier molecular flexibility index (Phi) is 6.59. The minimum atomic E-state index is -0.818. The molecule has 1 aromatic carbocycles. The number of carbonyl (C=O) groups is 4. The van der Waals surface area contributed by atoms with Crippen LogP contribution in [-0.2, 0) is 19.2 Å². The first-order valence-electron chi connectivity index (χ1n) is 9.40. The van der Waals surface area contributed by atoms with Crippen LogP contribution in [0.25, 0.3) is 0 Å². The van der Waals surface area contributed by atoms with Gasteiger partial charge in [-0.15, -0.1) is 0 Å². The molecule has 150 valence electrons. The quantitative estimate of drug-likeness (QED) is 0.617. The number of carbonyl (C=O) groups excluding carboxylic acids is 4. The topological polar surface area (TPSA) is 102 Å². The molecular weight excluding hydrogens is 362 g/mol. The number of nitrogens with one attached hydrogen (secondary N) is 2. The molecule has 0 bridgehead atoms. The lowest BCUT2D eigenvalue weighted by molar-refractivity contribution is -0.145. The highest BCUT2D eigenvalue weighted by Crippen LogP contribution is 2.13. The minimum absolute atomic E-state index is 0.0919. The molecule has 2 heterocycles. The molecule has 2 aliphatic rings. The lowest BCUT2D eigenvalue weighted by atomic mass is 10.1. The number of hydrogen-bond donors (Lipinski definition) is 2. The van der Waals surface area contributed by atoms with Gasteiger partial charge in [-0.2, -0.15) is 0 Å². The summed E-state index contributed by atoms with van der Waals surface area (Å²) in [5, 5.41) is 5.49. The van der Waals surface area contributed by atoms with Crippen molar-refractivity contribution in [2.45, 2.75) is 12.5 Å². The van der Waals surface area contributed by atoms with Crippen LogP contribution in [0.5, 0.6) is 0 Å². The molecule has 3 rings (SSSR count). The van der Waals surface area contributed by atoms with Crippen LogP contribution in [0, 0.1) is 0 Å². The third-order valence-corrected chi connectivity index (χ3v) is 5.00. The van der Waals surface area contributed by atoms with Gasteiger partial charge in [0, 0.05) is 45.0 Å². The summed E-state index contributed by atoms with van der Waals surface area (Å²) >= 11 is 0. The van der Waals surface area contributed by atoms with Crippen LogP contribution in [0.15, 0.2) is 30.3 Å². The van der Waals surface area contributed by atoms with Gasteiger partial charge in [0.05, 0.1) is 13.0 Å². The van der Waals surface area contributed by atoms with Crippen molar-refractivity contribution in [1.82, 2.24) is 20.0 Å². The van der Waals surface area contributed by atoms with Gasteiger partial charge in [0.2, 0.25) is 24.1 Å². The second kappa shape index (κ2) is 9.32. The Bertz CT molecular complexity index is 718. The molecule has 0 spiro atoms. The van der Waals surface area contributed by atoms with E-state index >= 15 is 0 Å². The first-order chi connectivity index (χ1) is 13.6. The molecule has 28 heavy (non-hydrogen) atoms. The van der Waals surface area contributed by atoms with Crippen molar-refractivity contribution in [3.8, 4) is 0 Å². The van der Waals surface area contributed by atoms with Gasteiger partial charge in [-0.25, -0.2) is 0 Å². The van der Waals surface area contributed by atoms with Crippen molar-refractivity contribution in [2.24, 2.45) is 0 Å². The number of piperazine rings is 2. The number of anilines is 1. The summed E-state index contributed by atoms with van der Waals surface area (Å²) in [5.74, 6) is -0.800. The van der Waals surface area contributed by atoms with Gasteiger partial charge >= 0.3 is 0 Å². The van der Waals surface area contributed by atoms with E-state index in [1.807, 2.05) is 23.1 Å². The zero-order valence-electron chi connectivity index (χ0n) is 15.7. The van der Waals surface area contributed by atoms with Crippen LogP contribution in [0.1, 0.15) is 6.42 Å². The van der Waals surface area contributed by atoms with Crippen molar-refractivity contribution in [3.63, 3.8) is 0 Å². The third-order valence-electron chi connectivity index (χ3n) is 5.00. The van der Waals surface area contributed by atoms with Crippen molar-refractivity contribution in [2.75, 3.05) is 51.1 Å². The lowest BCUT2D eigenvalue weighted by Gasteiger charge is -2.37. The molecule has 1 atom stereocenters. The van der Waals surface area contributed by atoms with Gasteiger partial charge in [0.1, 0.15) is 6.04 Å². The average molecular weight is 387 g/mol. The number of amides is 4. The number of para-hydroxylation sites is 1. The Morgan fingerprint density at radius 1 is 1.11 bits per heavy atom. The molecule has 0 aromatic heterocycles. The average Bonchev–Trinajstić information content (AvgIpc) is 2.70. The predicted octanol–water partition coefficient (Wildman–Crippen LogP) is -0.884. The molecule has 0 radical (unpaired) electrons. The number of hydrogen-bond acceptors (Lipinski definition) is 5. The van der Waals surface area contributed by atoms with Gasteiger partial charge in [-0.3, -0.25) is 24.1 Å². The highest BCUT2D eigenvalue weighted by molar-refractivity contribution is 5.97. The van der Waals surface area contributed by atoms with Crippen LogP contribution in [-0.4, -0.2) is 90.7 Å².